The van der Waals surface area contributed by atoms with E-state index in [0.717, 1.165) is 36.7 Å². The van der Waals surface area contributed by atoms with Crippen LogP contribution in [0.5, 0.6) is 11.5 Å². The molecule has 0 atom stereocenters. The van der Waals surface area contributed by atoms with E-state index in [1.807, 2.05) is 24.3 Å². The average Bonchev–Trinajstić information content (AvgIpc) is 2.84. The minimum absolute atomic E-state index is 0.629. The van der Waals surface area contributed by atoms with Crippen LogP contribution in [0.2, 0.25) is 0 Å². The molecule has 21 heavy (non-hydrogen) atoms. The van der Waals surface area contributed by atoms with Crippen molar-refractivity contribution in [2.45, 2.75) is 39.2 Å². The van der Waals surface area contributed by atoms with Gasteiger partial charge in [0.2, 0.25) is 0 Å². The summed E-state index contributed by atoms with van der Waals surface area (Å²) < 4.78 is 13.5. The number of rotatable bonds is 5. The molecule has 0 unspecified atom stereocenters. The van der Waals surface area contributed by atoms with Gasteiger partial charge >= 0.3 is 0 Å². The number of nitrogens with zero attached hydrogens (tertiary/aromatic N) is 2. The SMILES string of the molecule is COc1ccccc1OCCn1c(C)nc2c1CCCC2. The third-order valence-corrected chi connectivity index (χ3v) is 4.07. The third kappa shape index (κ3) is 2.89. The second-order valence-electron chi connectivity index (χ2n) is 5.41. The molecular weight excluding hydrogens is 264 g/mol. The molecule has 1 heterocycles. The molecule has 4 heteroatoms. The molecule has 2 aromatic rings. The van der Waals surface area contributed by atoms with Crippen molar-refractivity contribution in [3.8, 4) is 11.5 Å². The lowest BCUT2D eigenvalue weighted by Crippen LogP contribution is -2.14. The Labute approximate surface area is 125 Å². The van der Waals surface area contributed by atoms with E-state index in [4.69, 9.17) is 14.5 Å². The Hall–Kier alpha value is -1.97. The number of benzene rings is 1. The van der Waals surface area contributed by atoms with Crippen LogP contribution < -0.4 is 9.47 Å². The topological polar surface area (TPSA) is 36.3 Å². The minimum atomic E-state index is 0.629. The summed E-state index contributed by atoms with van der Waals surface area (Å²) in [6, 6.07) is 7.76. The first-order chi connectivity index (χ1) is 10.3. The van der Waals surface area contributed by atoms with Crippen molar-refractivity contribution < 1.29 is 9.47 Å². The Balaban J connectivity index is 1.67. The highest BCUT2D eigenvalue weighted by Crippen LogP contribution is 2.26. The minimum Gasteiger partial charge on any atom is -0.493 e. The van der Waals surface area contributed by atoms with Crippen LogP contribution in [0.15, 0.2) is 24.3 Å². The number of hydrogen-bond donors (Lipinski definition) is 0. The highest BCUT2D eigenvalue weighted by molar-refractivity contribution is 5.39. The van der Waals surface area contributed by atoms with Gasteiger partial charge in [-0.15, -0.1) is 0 Å². The maximum Gasteiger partial charge on any atom is 0.161 e. The number of ether oxygens (including phenoxy) is 2. The predicted octanol–water partition coefficient (Wildman–Crippen LogP) is 3.16. The normalized spacial score (nSPS) is 13.8. The van der Waals surface area contributed by atoms with Crippen molar-refractivity contribution >= 4 is 0 Å². The fourth-order valence-corrected chi connectivity index (χ4v) is 3.02. The predicted molar refractivity (Wildman–Crippen MR) is 82.1 cm³/mol. The molecule has 112 valence electrons. The molecule has 0 saturated heterocycles. The fourth-order valence-electron chi connectivity index (χ4n) is 3.02. The van der Waals surface area contributed by atoms with Crippen LogP contribution in [-0.4, -0.2) is 23.3 Å². The van der Waals surface area contributed by atoms with Crippen molar-refractivity contribution in [1.29, 1.82) is 0 Å². The molecule has 1 aliphatic carbocycles. The fraction of sp³-hybridized carbons (Fsp3) is 0.471. The second kappa shape index (κ2) is 6.20. The number of para-hydroxylation sites is 2. The van der Waals surface area contributed by atoms with Gasteiger partial charge < -0.3 is 14.0 Å². The summed E-state index contributed by atoms with van der Waals surface area (Å²) in [5.41, 5.74) is 2.69. The smallest absolute Gasteiger partial charge is 0.161 e. The van der Waals surface area contributed by atoms with Crippen molar-refractivity contribution in [2.75, 3.05) is 13.7 Å². The Bertz CT molecular complexity index is 619. The van der Waals surface area contributed by atoms with Crippen LogP contribution in [0.25, 0.3) is 0 Å². The summed E-state index contributed by atoms with van der Waals surface area (Å²) in [6.45, 7) is 3.55. The van der Waals surface area contributed by atoms with Gasteiger partial charge in [0.15, 0.2) is 11.5 Å². The summed E-state index contributed by atoms with van der Waals surface area (Å²) in [7, 11) is 1.67. The molecule has 1 aromatic carbocycles. The zero-order valence-corrected chi connectivity index (χ0v) is 12.8. The first kappa shape index (κ1) is 14.0. The van der Waals surface area contributed by atoms with Crippen LogP contribution in [-0.2, 0) is 19.4 Å². The van der Waals surface area contributed by atoms with E-state index in [0.29, 0.717) is 6.61 Å². The molecule has 0 N–H and O–H groups in total. The van der Waals surface area contributed by atoms with Gasteiger partial charge in [-0.05, 0) is 44.7 Å². The van der Waals surface area contributed by atoms with Crippen molar-refractivity contribution in [2.24, 2.45) is 0 Å². The first-order valence-electron chi connectivity index (χ1n) is 7.60. The molecule has 0 bridgehead atoms. The Morgan fingerprint density at radius 1 is 1.14 bits per heavy atom. The lowest BCUT2D eigenvalue weighted by Gasteiger charge is -2.16. The van der Waals surface area contributed by atoms with Gasteiger partial charge in [0.25, 0.3) is 0 Å². The summed E-state index contributed by atoms with van der Waals surface area (Å²) in [4.78, 5) is 4.69. The average molecular weight is 286 g/mol. The Morgan fingerprint density at radius 3 is 2.71 bits per heavy atom. The number of aromatic nitrogens is 2. The van der Waals surface area contributed by atoms with Crippen LogP contribution in [0.4, 0.5) is 0 Å². The molecular formula is C17H22N2O2. The first-order valence-corrected chi connectivity index (χ1v) is 7.60. The van der Waals surface area contributed by atoms with E-state index < -0.39 is 0 Å². The molecule has 3 rings (SSSR count). The maximum atomic E-state index is 5.87. The number of imidazole rings is 1. The van der Waals surface area contributed by atoms with Crippen molar-refractivity contribution in [1.82, 2.24) is 9.55 Å². The third-order valence-electron chi connectivity index (χ3n) is 4.07. The lowest BCUT2D eigenvalue weighted by atomic mass is 10.0. The highest BCUT2D eigenvalue weighted by Gasteiger charge is 2.17. The standard InChI is InChI=1S/C17H22N2O2/c1-13-18-14-7-3-4-8-15(14)19(13)11-12-21-17-10-6-5-9-16(17)20-2/h5-6,9-10H,3-4,7-8,11-12H2,1-2H3. The Kier molecular flexibility index (Phi) is 4.13. The second-order valence-corrected chi connectivity index (χ2v) is 5.41. The number of methoxy groups -OCH3 is 1. The van der Waals surface area contributed by atoms with E-state index >= 15 is 0 Å². The molecule has 0 saturated carbocycles. The van der Waals surface area contributed by atoms with E-state index in [1.54, 1.807) is 7.11 Å². The van der Waals surface area contributed by atoms with Crippen LogP contribution in [0.1, 0.15) is 30.1 Å². The molecule has 0 aliphatic heterocycles. The molecule has 0 amide bonds. The zero-order valence-electron chi connectivity index (χ0n) is 12.8. The molecule has 4 nitrogen and oxygen atoms in total. The molecule has 1 aromatic heterocycles. The lowest BCUT2D eigenvalue weighted by molar-refractivity contribution is 0.277. The quantitative estimate of drug-likeness (QED) is 0.847. The molecule has 1 aliphatic rings. The van der Waals surface area contributed by atoms with E-state index in [-0.39, 0.29) is 0 Å². The highest BCUT2D eigenvalue weighted by atomic mass is 16.5. The molecule has 0 spiro atoms. The van der Waals surface area contributed by atoms with Gasteiger partial charge in [-0.1, -0.05) is 12.1 Å². The van der Waals surface area contributed by atoms with Gasteiger partial charge in [-0.3, -0.25) is 0 Å². The maximum absolute atomic E-state index is 5.87. The zero-order chi connectivity index (χ0) is 14.7. The largest absolute Gasteiger partial charge is 0.493 e. The van der Waals surface area contributed by atoms with Crippen LogP contribution in [0, 0.1) is 6.92 Å². The van der Waals surface area contributed by atoms with E-state index in [9.17, 15) is 0 Å². The molecule has 0 fully saturated rings. The van der Waals surface area contributed by atoms with Crippen molar-refractivity contribution in [3.63, 3.8) is 0 Å². The van der Waals surface area contributed by atoms with Gasteiger partial charge in [-0.25, -0.2) is 4.98 Å². The molecule has 0 radical (unpaired) electrons. The monoisotopic (exact) mass is 286 g/mol. The summed E-state index contributed by atoms with van der Waals surface area (Å²) in [5, 5.41) is 0. The van der Waals surface area contributed by atoms with E-state index in [1.165, 1.54) is 24.2 Å². The summed E-state index contributed by atoms with van der Waals surface area (Å²) in [6.07, 6.45) is 4.80. The summed E-state index contributed by atoms with van der Waals surface area (Å²) in [5.74, 6) is 2.68. The Morgan fingerprint density at radius 2 is 1.90 bits per heavy atom. The van der Waals surface area contributed by atoms with Crippen LogP contribution >= 0.6 is 0 Å². The number of aryl methyl sites for hydroxylation is 2. The van der Waals surface area contributed by atoms with Crippen LogP contribution in [0.3, 0.4) is 0 Å². The van der Waals surface area contributed by atoms with Gasteiger partial charge in [0.05, 0.1) is 19.3 Å². The number of fused-ring (bicyclic) bond motifs is 1. The van der Waals surface area contributed by atoms with Gasteiger partial charge in [0.1, 0.15) is 12.4 Å². The summed E-state index contributed by atoms with van der Waals surface area (Å²) >= 11 is 0. The van der Waals surface area contributed by atoms with Crippen molar-refractivity contribution in [3.05, 3.63) is 41.5 Å². The number of hydrogen-bond acceptors (Lipinski definition) is 3. The van der Waals surface area contributed by atoms with E-state index in [2.05, 4.69) is 11.5 Å². The van der Waals surface area contributed by atoms with Gasteiger partial charge in [-0.2, -0.15) is 0 Å². The van der Waals surface area contributed by atoms with Gasteiger partial charge in [0, 0.05) is 5.69 Å².